The first-order chi connectivity index (χ1) is 18.4. The summed E-state index contributed by atoms with van der Waals surface area (Å²) in [6.45, 7) is 2.60. The summed E-state index contributed by atoms with van der Waals surface area (Å²) in [6.07, 6.45) is 0. The highest BCUT2D eigenvalue weighted by atomic mass is 32.2. The van der Waals surface area contributed by atoms with Gasteiger partial charge in [0.1, 0.15) is 40.8 Å². The molecule has 1 aromatic heterocycles. The van der Waals surface area contributed by atoms with Gasteiger partial charge in [-0.25, -0.2) is 18.8 Å². The van der Waals surface area contributed by atoms with Crippen LogP contribution in [-0.2, 0) is 14.4 Å². The number of hydrogen-bond donors (Lipinski definition) is 3. The Hall–Kier alpha value is -3.65. The third-order valence-corrected chi connectivity index (χ3v) is 9.70. The predicted octanol–water partition coefficient (Wildman–Crippen LogP) is 2.25. The van der Waals surface area contributed by atoms with Crippen molar-refractivity contribution in [3.8, 4) is 5.75 Å². The van der Waals surface area contributed by atoms with Gasteiger partial charge in [0.25, 0.3) is 5.91 Å². The number of fused-ring (bicyclic) bond motifs is 2. The van der Waals surface area contributed by atoms with Crippen LogP contribution < -0.4 is 15.6 Å². The van der Waals surface area contributed by atoms with Crippen LogP contribution in [0.2, 0.25) is 0 Å². The molecule has 0 saturated carbocycles. The average molecular weight is 573 g/mol. The molecule has 3 amide bonds. The molecule has 0 aliphatic carbocycles. The lowest BCUT2D eigenvalue weighted by molar-refractivity contribution is -0.165. The maximum absolute atomic E-state index is 14.5. The predicted molar refractivity (Wildman–Crippen MR) is 144 cm³/mol. The molecule has 3 aromatic rings. The number of β-lactam (4-membered cyclic amide) rings is 1. The first-order valence-electron chi connectivity index (χ1n) is 11.8. The number of benzene rings is 2. The molecule has 0 radical (unpaired) electrons. The van der Waals surface area contributed by atoms with E-state index in [0.29, 0.717) is 4.70 Å². The lowest BCUT2D eigenvalue weighted by Gasteiger charge is -2.50. The van der Waals surface area contributed by atoms with Crippen molar-refractivity contribution in [2.45, 2.75) is 36.1 Å². The molecule has 39 heavy (non-hydrogen) atoms. The zero-order valence-electron chi connectivity index (χ0n) is 20.7. The maximum atomic E-state index is 14.5. The van der Waals surface area contributed by atoms with Crippen LogP contribution in [0.5, 0.6) is 5.75 Å². The van der Waals surface area contributed by atoms with Gasteiger partial charge in [0.2, 0.25) is 11.5 Å². The molecule has 202 valence electrons. The maximum Gasteiger partial charge on any atom is 0.363 e. The van der Waals surface area contributed by atoms with Crippen molar-refractivity contribution in [3.63, 3.8) is 0 Å². The van der Waals surface area contributed by atoms with Crippen LogP contribution >= 0.6 is 23.1 Å². The highest BCUT2D eigenvalue weighted by Crippen LogP contribution is 2.54. The summed E-state index contributed by atoms with van der Waals surface area (Å²) in [5.41, 5.74) is 4.49. The van der Waals surface area contributed by atoms with Crippen molar-refractivity contribution >= 4 is 62.6 Å². The van der Waals surface area contributed by atoms with Gasteiger partial charge in [0.15, 0.2) is 0 Å². The molecule has 4 N–H and O–H groups in total. The molecule has 10 nitrogen and oxygen atoms in total. The van der Waals surface area contributed by atoms with E-state index in [1.54, 1.807) is 13.8 Å². The summed E-state index contributed by atoms with van der Waals surface area (Å²) in [5.74, 6) is -4.84. The second-order valence-corrected chi connectivity index (χ2v) is 12.5. The molecule has 2 fully saturated rings. The summed E-state index contributed by atoms with van der Waals surface area (Å²) < 4.78 is 12.1. The van der Waals surface area contributed by atoms with E-state index in [-0.39, 0.29) is 16.8 Å². The summed E-state index contributed by atoms with van der Waals surface area (Å²) in [5, 5.41) is 20.0. The fourth-order valence-corrected chi connectivity index (χ4v) is 8.05. The third-order valence-electron chi connectivity index (χ3n) is 7.17. The van der Waals surface area contributed by atoms with E-state index in [2.05, 4.69) is 0 Å². The van der Waals surface area contributed by atoms with Crippen LogP contribution in [-0.4, -0.2) is 67.6 Å². The van der Waals surface area contributed by atoms with E-state index in [4.69, 9.17) is 5.73 Å². The number of hydrogen-bond acceptors (Lipinski definition) is 9. The van der Waals surface area contributed by atoms with E-state index in [0.717, 1.165) is 34.1 Å². The van der Waals surface area contributed by atoms with E-state index in [1.165, 1.54) is 41.8 Å². The fraction of sp³-hybridized carbons (Fsp3) is 0.269. The van der Waals surface area contributed by atoms with Gasteiger partial charge >= 0.3 is 17.8 Å². The second-order valence-electron chi connectivity index (χ2n) is 9.80. The van der Waals surface area contributed by atoms with Gasteiger partial charge in [-0.3, -0.25) is 9.59 Å². The number of halogens is 1. The Labute approximate surface area is 229 Å². The number of thioether (sulfide) groups is 1. The molecule has 13 heteroatoms. The van der Waals surface area contributed by atoms with Crippen molar-refractivity contribution in [1.29, 1.82) is 0 Å². The number of rotatable bonds is 5. The van der Waals surface area contributed by atoms with Gasteiger partial charge in [-0.05, 0) is 44.2 Å². The van der Waals surface area contributed by atoms with Crippen molar-refractivity contribution in [2.24, 2.45) is 5.73 Å². The van der Waals surface area contributed by atoms with Gasteiger partial charge in [0, 0.05) is 32.3 Å². The number of aromatic hydroxyl groups is 1. The topological polar surface area (TPSA) is 155 Å². The second kappa shape index (κ2) is 9.23. The number of aliphatic carboxylic acids is 1. The summed E-state index contributed by atoms with van der Waals surface area (Å²) in [6, 6.07) is 5.92. The lowest BCUT2D eigenvalue weighted by Crippen LogP contribution is -2.81. The number of carbonyl (C=O) groups is 4. The Balaban J connectivity index is 1.78. The van der Waals surface area contributed by atoms with E-state index < -0.39 is 73.7 Å². The SMILES string of the molecule is CC1(C)SC2C([N+](C(=O)CN)(C(=O)c3csc4ccc(F)cc4c3=O)c3ccc(O)cc3)C(=O)N2C1C(=O)O. The molecule has 5 rings (SSSR count). The number of phenols is 1. The van der Waals surface area contributed by atoms with Crippen LogP contribution in [0, 0.1) is 5.82 Å². The van der Waals surface area contributed by atoms with Crippen LogP contribution in [0.15, 0.2) is 52.6 Å². The average Bonchev–Trinajstić information content (AvgIpc) is 3.14. The Morgan fingerprint density at radius 2 is 1.79 bits per heavy atom. The lowest BCUT2D eigenvalue weighted by atomic mass is 9.92. The molecule has 3 heterocycles. The quantitative estimate of drug-likeness (QED) is 0.308. The number of nitrogens with zero attached hydrogens (tertiary/aromatic N) is 2. The molecule has 4 unspecified atom stereocenters. The number of quaternary nitrogens is 1. The van der Waals surface area contributed by atoms with Crippen molar-refractivity contribution in [1.82, 2.24) is 9.38 Å². The molecular weight excluding hydrogens is 549 g/mol. The Kier molecular flexibility index (Phi) is 6.37. The Bertz CT molecular complexity index is 1620. The van der Waals surface area contributed by atoms with Crippen molar-refractivity contribution in [3.05, 3.63) is 69.4 Å². The highest BCUT2D eigenvalue weighted by molar-refractivity contribution is 8.01. The minimum atomic E-state index is -1.45. The van der Waals surface area contributed by atoms with Gasteiger partial charge in [-0.1, -0.05) is 0 Å². The highest BCUT2D eigenvalue weighted by Gasteiger charge is 2.74. The van der Waals surface area contributed by atoms with Gasteiger partial charge in [-0.15, -0.1) is 27.6 Å². The summed E-state index contributed by atoms with van der Waals surface area (Å²) in [7, 11) is 0. The minimum absolute atomic E-state index is 0.0350. The molecule has 0 spiro atoms. The minimum Gasteiger partial charge on any atom is -0.508 e. The summed E-state index contributed by atoms with van der Waals surface area (Å²) >= 11 is 2.12. The van der Waals surface area contributed by atoms with Crippen LogP contribution in [0.3, 0.4) is 0 Å². The van der Waals surface area contributed by atoms with Crippen molar-refractivity contribution in [2.75, 3.05) is 6.54 Å². The Morgan fingerprint density at radius 3 is 2.41 bits per heavy atom. The van der Waals surface area contributed by atoms with Gasteiger partial charge in [-0.2, -0.15) is 0 Å². The number of phenolic OH excluding ortho intramolecular Hbond substituents is 1. The van der Waals surface area contributed by atoms with Crippen molar-refractivity contribution < 1.29 is 33.8 Å². The molecule has 2 aliphatic heterocycles. The van der Waals surface area contributed by atoms with Crippen LogP contribution in [0.25, 0.3) is 10.1 Å². The fourth-order valence-electron chi connectivity index (χ4n) is 5.44. The number of carboxylic acid groups (broad SMARTS) is 1. The summed E-state index contributed by atoms with van der Waals surface area (Å²) in [4.78, 5) is 68.8. The third kappa shape index (κ3) is 3.79. The molecular formula is C26H23FN3O7S2+. The molecule has 0 bridgehead atoms. The number of nitrogens with two attached hydrogens (primary N) is 1. The monoisotopic (exact) mass is 572 g/mol. The van der Waals surface area contributed by atoms with Gasteiger partial charge < -0.3 is 20.8 Å². The first-order valence-corrected chi connectivity index (χ1v) is 13.5. The molecule has 2 aliphatic rings. The normalized spacial score (nSPS) is 23.1. The van der Waals surface area contributed by atoms with Crippen LogP contribution in [0.1, 0.15) is 24.2 Å². The molecule has 2 aromatic carbocycles. The first kappa shape index (κ1) is 26.9. The zero-order chi connectivity index (χ0) is 28.4. The number of imide groups is 1. The van der Waals surface area contributed by atoms with E-state index >= 15 is 0 Å². The number of amides is 3. The van der Waals surface area contributed by atoms with E-state index in [1.807, 2.05) is 0 Å². The van der Waals surface area contributed by atoms with E-state index in [9.17, 15) is 38.6 Å². The number of carboxylic acids is 1. The Morgan fingerprint density at radius 1 is 1.13 bits per heavy atom. The molecule has 4 atom stereocenters. The smallest absolute Gasteiger partial charge is 0.363 e. The largest absolute Gasteiger partial charge is 0.508 e. The number of carbonyl (C=O) groups excluding carboxylic acids is 3. The zero-order valence-corrected chi connectivity index (χ0v) is 22.3. The standard InChI is InChI=1S/C26H22FN3O7S2/c1-26(2)21(25(36)37)29-22(34)19(23(29)39-26)30(18(32)10-28,13-4-6-14(31)7-5-13)24(35)16-11-38-17-8-3-12(27)9-15(17)20(16)33/h3-9,11,19,21,23H,10,28H2,1-2H3,(H-,31,36,37)/p+1. The van der Waals surface area contributed by atoms with Crippen LogP contribution in [0.4, 0.5) is 10.1 Å². The van der Waals surface area contributed by atoms with Gasteiger partial charge in [0.05, 0.1) is 0 Å². The molecule has 2 saturated heterocycles.